The van der Waals surface area contributed by atoms with Gasteiger partial charge in [0.2, 0.25) is 0 Å². The van der Waals surface area contributed by atoms with Gasteiger partial charge in [-0.1, -0.05) is 6.42 Å². The molecule has 2 rings (SSSR count). The van der Waals surface area contributed by atoms with Gasteiger partial charge < -0.3 is 15.1 Å². The Bertz CT molecular complexity index is 348. The lowest BCUT2D eigenvalue weighted by Crippen LogP contribution is -2.41. The molecule has 0 aromatic carbocycles. The van der Waals surface area contributed by atoms with E-state index in [1.165, 1.54) is 12.5 Å². The topological polar surface area (TPSA) is 59.5 Å². The van der Waals surface area contributed by atoms with Crippen LogP contribution >= 0.6 is 0 Å². The number of rotatable bonds is 3. The number of nitrogens with two attached hydrogens (primary N) is 1. The number of nitrogens with zero attached hydrogens (tertiary/aromatic N) is 1. The van der Waals surface area contributed by atoms with Crippen molar-refractivity contribution in [2.45, 2.75) is 25.3 Å². The molecule has 16 heavy (non-hydrogen) atoms. The maximum Gasteiger partial charge on any atom is 0.257 e. The van der Waals surface area contributed by atoms with Crippen LogP contribution in [-0.4, -0.2) is 30.4 Å². The van der Waals surface area contributed by atoms with Crippen LogP contribution in [0.2, 0.25) is 0 Å². The van der Waals surface area contributed by atoms with Crippen LogP contribution in [0.15, 0.2) is 23.0 Å². The van der Waals surface area contributed by atoms with Crippen LogP contribution < -0.4 is 5.73 Å². The number of carbonyl (C=O) groups excluding carboxylic acids is 1. The lowest BCUT2D eigenvalue weighted by Gasteiger charge is -2.28. The monoisotopic (exact) mass is 222 g/mol. The summed E-state index contributed by atoms with van der Waals surface area (Å²) in [4.78, 5) is 13.9. The van der Waals surface area contributed by atoms with E-state index in [2.05, 4.69) is 0 Å². The van der Waals surface area contributed by atoms with Crippen LogP contribution in [-0.2, 0) is 0 Å². The van der Waals surface area contributed by atoms with Crippen molar-refractivity contribution >= 4 is 5.91 Å². The Kier molecular flexibility index (Phi) is 3.29. The number of hydrogen-bond acceptors (Lipinski definition) is 3. The largest absolute Gasteiger partial charge is 0.472 e. The Labute approximate surface area is 95.4 Å². The summed E-state index contributed by atoms with van der Waals surface area (Å²) in [5, 5.41) is 0. The standard InChI is InChI=1S/C12H18N2O2/c1-14(11-4-2-3-9(11)7-13)12(15)10-5-6-16-8-10/h5-6,8-9,11H,2-4,7,13H2,1H3. The van der Waals surface area contributed by atoms with Gasteiger partial charge in [-0.15, -0.1) is 0 Å². The fourth-order valence-corrected chi connectivity index (χ4v) is 2.54. The normalized spacial score (nSPS) is 24.6. The van der Waals surface area contributed by atoms with Gasteiger partial charge in [-0.3, -0.25) is 4.79 Å². The van der Waals surface area contributed by atoms with Gasteiger partial charge in [-0.25, -0.2) is 0 Å². The summed E-state index contributed by atoms with van der Waals surface area (Å²) in [5.41, 5.74) is 6.34. The molecule has 2 unspecified atom stereocenters. The number of carbonyl (C=O) groups is 1. The zero-order valence-corrected chi connectivity index (χ0v) is 9.56. The third kappa shape index (κ3) is 1.97. The molecule has 0 spiro atoms. The van der Waals surface area contributed by atoms with Crippen molar-refractivity contribution in [3.05, 3.63) is 24.2 Å². The molecule has 1 aromatic rings. The smallest absolute Gasteiger partial charge is 0.257 e. The zero-order chi connectivity index (χ0) is 11.5. The fraction of sp³-hybridized carbons (Fsp3) is 0.583. The Hall–Kier alpha value is -1.29. The van der Waals surface area contributed by atoms with Gasteiger partial charge >= 0.3 is 0 Å². The summed E-state index contributed by atoms with van der Waals surface area (Å²) in [6, 6.07) is 1.98. The number of furan rings is 1. The lowest BCUT2D eigenvalue weighted by atomic mass is 10.0. The molecule has 1 aliphatic rings. The van der Waals surface area contributed by atoms with Crippen molar-refractivity contribution in [2.24, 2.45) is 11.7 Å². The second-order valence-corrected chi connectivity index (χ2v) is 4.42. The highest BCUT2D eigenvalue weighted by Crippen LogP contribution is 2.29. The van der Waals surface area contributed by atoms with Crippen LogP contribution in [0.5, 0.6) is 0 Å². The van der Waals surface area contributed by atoms with E-state index in [0.717, 1.165) is 19.3 Å². The van der Waals surface area contributed by atoms with Crippen molar-refractivity contribution in [3.8, 4) is 0 Å². The van der Waals surface area contributed by atoms with Crippen molar-refractivity contribution in [1.82, 2.24) is 4.90 Å². The van der Waals surface area contributed by atoms with E-state index in [-0.39, 0.29) is 11.9 Å². The van der Waals surface area contributed by atoms with Crippen molar-refractivity contribution in [1.29, 1.82) is 0 Å². The van der Waals surface area contributed by atoms with E-state index in [9.17, 15) is 4.79 Å². The second-order valence-electron chi connectivity index (χ2n) is 4.42. The number of amides is 1. The van der Waals surface area contributed by atoms with Gasteiger partial charge in [0.1, 0.15) is 6.26 Å². The van der Waals surface area contributed by atoms with Crippen LogP contribution in [0.3, 0.4) is 0 Å². The second kappa shape index (κ2) is 4.70. The summed E-state index contributed by atoms with van der Waals surface area (Å²) >= 11 is 0. The SMILES string of the molecule is CN(C(=O)c1ccoc1)C1CCCC1CN. The molecule has 0 saturated heterocycles. The summed E-state index contributed by atoms with van der Waals surface area (Å²) < 4.78 is 4.93. The molecule has 88 valence electrons. The first-order chi connectivity index (χ1) is 7.74. The predicted octanol–water partition coefficient (Wildman–Crippen LogP) is 1.48. The molecule has 4 heteroatoms. The Morgan fingerprint density at radius 3 is 3.06 bits per heavy atom. The molecule has 1 aromatic heterocycles. The van der Waals surface area contributed by atoms with E-state index in [0.29, 0.717) is 18.0 Å². The highest BCUT2D eigenvalue weighted by molar-refractivity contribution is 5.93. The molecule has 4 nitrogen and oxygen atoms in total. The third-order valence-electron chi connectivity index (χ3n) is 3.51. The molecular formula is C12H18N2O2. The summed E-state index contributed by atoms with van der Waals surface area (Å²) in [6.07, 6.45) is 6.36. The average Bonchev–Trinajstić information content (AvgIpc) is 2.97. The maximum atomic E-state index is 12.1. The van der Waals surface area contributed by atoms with E-state index in [4.69, 9.17) is 10.2 Å². The highest BCUT2D eigenvalue weighted by Gasteiger charge is 2.32. The quantitative estimate of drug-likeness (QED) is 0.842. The van der Waals surface area contributed by atoms with Crippen molar-refractivity contribution < 1.29 is 9.21 Å². The van der Waals surface area contributed by atoms with Crippen LogP contribution in [0.1, 0.15) is 29.6 Å². The Morgan fingerprint density at radius 2 is 2.44 bits per heavy atom. The maximum absolute atomic E-state index is 12.1. The van der Waals surface area contributed by atoms with Gasteiger partial charge in [0.05, 0.1) is 11.8 Å². The Morgan fingerprint density at radius 1 is 1.62 bits per heavy atom. The van der Waals surface area contributed by atoms with E-state index in [1.54, 1.807) is 6.07 Å². The van der Waals surface area contributed by atoms with Gasteiger partial charge in [0.15, 0.2) is 0 Å². The highest BCUT2D eigenvalue weighted by atomic mass is 16.3. The van der Waals surface area contributed by atoms with Crippen LogP contribution in [0, 0.1) is 5.92 Å². The molecule has 1 saturated carbocycles. The fourth-order valence-electron chi connectivity index (χ4n) is 2.54. The molecule has 1 heterocycles. The molecular weight excluding hydrogens is 204 g/mol. The average molecular weight is 222 g/mol. The molecule has 1 fully saturated rings. The number of hydrogen-bond donors (Lipinski definition) is 1. The first-order valence-corrected chi connectivity index (χ1v) is 5.73. The minimum Gasteiger partial charge on any atom is -0.472 e. The lowest BCUT2D eigenvalue weighted by molar-refractivity contribution is 0.0699. The first-order valence-electron chi connectivity index (χ1n) is 5.73. The van der Waals surface area contributed by atoms with E-state index in [1.807, 2.05) is 11.9 Å². The van der Waals surface area contributed by atoms with Gasteiger partial charge in [0, 0.05) is 13.1 Å². The molecule has 2 atom stereocenters. The van der Waals surface area contributed by atoms with E-state index >= 15 is 0 Å². The molecule has 0 radical (unpaired) electrons. The van der Waals surface area contributed by atoms with Crippen LogP contribution in [0.25, 0.3) is 0 Å². The molecule has 2 N–H and O–H groups in total. The summed E-state index contributed by atoms with van der Waals surface area (Å²) in [7, 11) is 1.86. The predicted molar refractivity (Wildman–Crippen MR) is 61.0 cm³/mol. The molecule has 1 aliphatic carbocycles. The molecule has 0 bridgehead atoms. The molecule has 1 amide bonds. The zero-order valence-electron chi connectivity index (χ0n) is 9.56. The summed E-state index contributed by atoms with van der Waals surface area (Å²) in [5.74, 6) is 0.472. The minimum atomic E-state index is 0.0269. The van der Waals surface area contributed by atoms with Crippen LogP contribution in [0.4, 0.5) is 0 Å². The van der Waals surface area contributed by atoms with Gasteiger partial charge in [0.25, 0.3) is 5.91 Å². The van der Waals surface area contributed by atoms with Crippen molar-refractivity contribution in [2.75, 3.05) is 13.6 Å². The Balaban J connectivity index is 2.07. The first kappa shape index (κ1) is 11.2. The minimum absolute atomic E-state index is 0.0269. The van der Waals surface area contributed by atoms with Gasteiger partial charge in [-0.2, -0.15) is 0 Å². The third-order valence-corrected chi connectivity index (χ3v) is 3.51. The van der Waals surface area contributed by atoms with Crippen molar-refractivity contribution in [3.63, 3.8) is 0 Å². The summed E-state index contributed by atoms with van der Waals surface area (Å²) in [6.45, 7) is 0.660. The van der Waals surface area contributed by atoms with Gasteiger partial charge in [-0.05, 0) is 31.4 Å². The molecule has 0 aliphatic heterocycles. The van der Waals surface area contributed by atoms with E-state index < -0.39 is 0 Å².